The first-order chi connectivity index (χ1) is 9.44. The summed E-state index contributed by atoms with van der Waals surface area (Å²) < 4.78 is 14.2. The molecule has 1 aliphatic rings. The number of phenolic OH excluding ortho intramolecular Hbond substituents is 1. The molecule has 1 aromatic rings. The number of phenols is 1. The van der Waals surface area contributed by atoms with Gasteiger partial charge in [-0.05, 0) is 18.1 Å². The molecular formula is C19H30OZr. The van der Waals surface area contributed by atoms with E-state index in [-0.39, 0.29) is 0 Å². The zero-order chi connectivity index (χ0) is 16.2. The number of benzene rings is 1. The quantitative estimate of drug-likeness (QED) is 0.613. The van der Waals surface area contributed by atoms with E-state index in [1.807, 2.05) is 18.2 Å². The van der Waals surface area contributed by atoms with Crippen LogP contribution >= 0.6 is 0 Å². The van der Waals surface area contributed by atoms with E-state index >= 15 is 0 Å². The van der Waals surface area contributed by atoms with Crippen molar-refractivity contribution < 1.29 is 22.4 Å². The van der Waals surface area contributed by atoms with Gasteiger partial charge in [-0.2, -0.15) is 0 Å². The van der Waals surface area contributed by atoms with E-state index in [9.17, 15) is 5.11 Å². The third kappa shape index (κ3) is 6.18. The second-order valence-electron chi connectivity index (χ2n) is 9.70. The maximum absolute atomic E-state index is 9.19. The predicted octanol–water partition coefficient (Wildman–Crippen LogP) is 6.42. The first-order valence-electron chi connectivity index (χ1n) is 7.69. The van der Waals surface area contributed by atoms with Gasteiger partial charge in [0, 0.05) is 0 Å². The predicted molar refractivity (Wildman–Crippen MR) is 93.2 cm³/mol. The van der Waals surface area contributed by atoms with Gasteiger partial charge >= 0.3 is 68.4 Å². The van der Waals surface area contributed by atoms with Crippen LogP contribution in [0.4, 0.5) is 0 Å². The van der Waals surface area contributed by atoms with Crippen LogP contribution in [0.2, 0.25) is 23.2 Å². The fourth-order valence-corrected chi connectivity index (χ4v) is 7.30. The van der Waals surface area contributed by atoms with Crippen LogP contribution in [0.25, 0.3) is 0 Å². The Labute approximate surface area is 128 Å². The molecule has 0 fully saturated rings. The fourth-order valence-electron chi connectivity index (χ4n) is 2.21. The third-order valence-corrected chi connectivity index (χ3v) is 12.5. The van der Waals surface area contributed by atoms with Crippen molar-refractivity contribution in [1.82, 2.24) is 0 Å². The van der Waals surface area contributed by atoms with E-state index < -0.39 is 17.3 Å². The molecule has 0 spiro atoms. The molecule has 0 aliphatic heterocycles. The van der Waals surface area contributed by atoms with E-state index in [0.717, 1.165) is 12.0 Å². The molecule has 0 radical (unpaired) electrons. The van der Waals surface area contributed by atoms with Gasteiger partial charge in [-0.15, -0.1) is 6.58 Å². The van der Waals surface area contributed by atoms with Crippen molar-refractivity contribution in [2.24, 2.45) is 0 Å². The van der Waals surface area contributed by atoms with Crippen LogP contribution in [-0.4, -0.2) is 5.11 Å². The maximum atomic E-state index is 9.19. The van der Waals surface area contributed by atoms with Crippen molar-refractivity contribution in [3.63, 3.8) is 0 Å². The molecule has 1 aromatic carbocycles. The summed E-state index contributed by atoms with van der Waals surface area (Å²) >= 11 is -2.78. The third-order valence-electron chi connectivity index (χ3n) is 3.73. The van der Waals surface area contributed by atoms with Crippen LogP contribution in [0, 0.1) is 0 Å². The van der Waals surface area contributed by atoms with E-state index in [1.54, 1.807) is 15.4 Å². The van der Waals surface area contributed by atoms with Gasteiger partial charge in [0.05, 0.1) is 0 Å². The first-order valence-corrected chi connectivity index (χ1v) is 21.2. The Hall–Kier alpha value is -0.877. The molecule has 21 heavy (non-hydrogen) atoms. The van der Waals surface area contributed by atoms with Crippen molar-refractivity contribution in [2.45, 2.75) is 36.0 Å². The second kappa shape index (κ2) is 5.72. The van der Waals surface area contributed by atoms with Gasteiger partial charge in [0.15, 0.2) is 0 Å². The summed E-state index contributed by atoms with van der Waals surface area (Å²) in [6.07, 6.45) is 10.5. The van der Waals surface area contributed by atoms with Crippen LogP contribution in [0.5, 0.6) is 5.75 Å². The number of aromatic hydroxyl groups is 1. The zero-order valence-electron chi connectivity index (χ0n) is 14.2. The van der Waals surface area contributed by atoms with E-state index in [0.29, 0.717) is 5.75 Å². The molecule has 116 valence electrons. The Balaban J connectivity index is 0.000000211. The number of hydrogen-bond donors (Lipinski definition) is 1. The Morgan fingerprint density at radius 1 is 1.14 bits per heavy atom. The number of para-hydroxylation sites is 1. The topological polar surface area (TPSA) is 20.2 Å². The van der Waals surface area contributed by atoms with Crippen LogP contribution in [0.1, 0.15) is 12.0 Å². The van der Waals surface area contributed by atoms with Gasteiger partial charge in [0.25, 0.3) is 0 Å². The first kappa shape index (κ1) is 18.2. The molecule has 0 saturated heterocycles. The van der Waals surface area contributed by atoms with Crippen molar-refractivity contribution in [2.75, 3.05) is 0 Å². The molecule has 0 saturated carbocycles. The van der Waals surface area contributed by atoms with Gasteiger partial charge in [-0.25, -0.2) is 0 Å². The number of allylic oxidation sites excluding steroid dienone is 5. The van der Waals surface area contributed by atoms with E-state index in [4.69, 9.17) is 0 Å². The molecule has 1 N–H and O–H groups in total. The van der Waals surface area contributed by atoms with Gasteiger partial charge in [-0.1, -0.05) is 24.3 Å². The molecule has 2 heteroatoms. The number of hydrogen-bond acceptors (Lipinski definition) is 1. The average Bonchev–Trinajstić information content (AvgIpc) is 2.85. The summed E-state index contributed by atoms with van der Waals surface area (Å²) in [5.74, 6) is 0.349. The second-order valence-corrected chi connectivity index (χ2v) is 42.0. The summed E-state index contributed by atoms with van der Waals surface area (Å²) in [4.78, 5) is 0. The van der Waals surface area contributed by atoms with E-state index in [1.165, 1.54) is 6.42 Å². The summed E-state index contributed by atoms with van der Waals surface area (Å²) in [7, 11) is 0. The van der Waals surface area contributed by atoms with Gasteiger partial charge in [0.1, 0.15) is 5.75 Å². The summed E-state index contributed by atoms with van der Waals surface area (Å²) in [6.45, 7) is 3.59. The van der Waals surface area contributed by atoms with Crippen LogP contribution in [0.15, 0.2) is 58.4 Å². The van der Waals surface area contributed by atoms with Crippen molar-refractivity contribution in [1.29, 1.82) is 0 Å². The van der Waals surface area contributed by atoms with Crippen molar-refractivity contribution in [3.05, 3.63) is 64.0 Å². The minimum absolute atomic E-state index is 0.349. The number of rotatable bonds is 3. The molecule has 0 amide bonds. The molecule has 1 aliphatic carbocycles. The van der Waals surface area contributed by atoms with Gasteiger partial charge in [-0.3, -0.25) is 0 Å². The van der Waals surface area contributed by atoms with Gasteiger partial charge < -0.3 is 5.11 Å². The Bertz CT molecular complexity index is 571. The van der Waals surface area contributed by atoms with Crippen LogP contribution in [-0.2, 0) is 23.7 Å². The molecular weight excluding hydrogens is 335 g/mol. The summed E-state index contributed by atoms with van der Waals surface area (Å²) in [6, 6.07) is 7.27. The SMILES string of the molecule is C=CCc1ccccc1O.[CH3][Zr]([CH3])([CH3])([CH3])([CH3])[C]1=CC=CC1. The molecule has 0 aromatic heterocycles. The van der Waals surface area contributed by atoms with Crippen LogP contribution < -0.4 is 0 Å². The normalized spacial score (nSPS) is 17.1. The van der Waals surface area contributed by atoms with Crippen molar-refractivity contribution >= 4 is 0 Å². The fraction of sp³-hybridized carbons (Fsp3) is 0.368. The molecule has 0 heterocycles. The monoisotopic (exact) mass is 364 g/mol. The Kier molecular flexibility index (Phi) is 4.95. The summed E-state index contributed by atoms with van der Waals surface area (Å²) in [5, 5.41) is 9.19. The van der Waals surface area contributed by atoms with Crippen LogP contribution in [0.3, 0.4) is 0 Å². The molecule has 0 bridgehead atoms. The molecule has 2 rings (SSSR count). The standard InChI is InChI=1S/C9H10O.C5H5.5CH3.Zr/c1-2-5-8-6-3-4-7-9(8)10;1-2-4-5-3-1;;;;;;/h2-4,6-7,10H,1,5H2;1-3H,4H2;5*1H3;. The van der Waals surface area contributed by atoms with Gasteiger partial charge in [0.2, 0.25) is 0 Å². The minimum atomic E-state index is -2.78. The zero-order valence-corrected chi connectivity index (χ0v) is 16.6. The van der Waals surface area contributed by atoms with E-state index in [2.05, 4.69) is 48.0 Å². The van der Waals surface area contributed by atoms with Crippen molar-refractivity contribution in [3.8, 4) is 5.75 Å². The Morgan fingerprint density at radius 2 is 1.76 bits per heavy atom. The Morgan fingerprint density at radius 3 is 2.14 bits per heavy atom. The molecule has 0 atom stereocenters. The molecule has 1 nitrogen and oxygen atoms in total. The molecule has 0 unspecified atom stereocenters. The summed E-state index contributed by atoms with van der Waals surface area (Å²) in [5.41, 5.74) is 0.928. The average molecular weight is 366 g/mol.